The predicted octanol–water partition coefficient (Wildman–Crippen LogP) is 3.96. The normalized spacial score (nSPS) is 10.1. The smallest absolute Gasteiger partial charge is 0.125 e. The van der Waals surface area contributed by atoms with Crippen LogP contribution < -0.4 is 0 Å². The van der Waals surface area contributed by atoms with E-state index in [0.29, 0.717) is 0 Å². The molecular weight excluding hydrogens is 196 g/mol. The van der Waals surface area contributed by atoms with Crippen LogP contribution in [0.25, 0.3) is 5.57 Å². The lowest BCUT2D eigenvalue weighted by Crippen LogP contribution is -1.89. The van der Waals surface area contributed by atoms with Gasteiger partial charge in [0.2, 0.25) is 0 Å². The fraction of sp³-hybridized carbons (Fsp3) is 0.286. The lowest BCUT2D eigenvalue weighted by Gasteiger charge is -1.99. The second-order valence-electron chi connectivity index (χ2n) is 3.29. The Morgan fingerprint density at radius 1 is 1.25 bits per heavy atom. The van der Waals surface area contributed by atoms with E-state index in [4.69, 9.17) is 0 Å². The van der Waals surface area contributed by atoms with Crippen molar-refractivity contribution in [3.63, 3.8) is 0 Å². The molecule has 0 N–H and O–H groups in total. The summed E-state index contributed by atoms with van der Waals surface area (Å²) in [6.07, 6.45) is 10.2. The van der Waals surface area contributed by atoms with Gasteiger partial charge in [-0.2, -0.15) is 0 Å². The van der Waals surface area contributed by atoms with E-state index in [1.807, 2.05) is 13.0 Å². The zero-order valence-corrected chi connectivity index (χ0v) is 10.4. The molecule has 0 bridgehead atoms. The maximum atomic E-state index is 4.10. The van der Waals surface area contributed by atoms with Crippen LogP contribution >= 0.6 is 0 Å². The van der Waals surface area contributed by atoms with Gasteiger partial charge in [-0.3, -0.25) is 0 Å². The van der Waals surface area contributed by atoms with Crippen molar-refractivity contribution < 1.29 is 0 Å². The van der Waals surface area contributed by atoms with Gasteiger partial charge in [0, 0.05) is 18.0 Å². The molecule has 0 amide bonds. The first-order valence-corrected chi connectivity index (χ1v) is 5.43. The first-order valence-electron chi connectivity index (χ1n) is 5.43. The molecule has 2 heteroatoms. The van der Waals surface area contributed by atoms with Gasteiger partial charge >= 0.3 is 0 Å². The molecule has 1 rings (SSSR count). The lowest BCUT2D eigenvalue weighted by atomic mass is 10.1. The summed E-state index contributed by atoms with van der Waals surface area (Å²) >= 11 is 0. The quantitative estimate of drug-likeness (QED) is 0.715. The van der Waals surface area contributed by atoms with Crippen molar-refractivity contribution in [2.45, 2.75) is 27.2 Å². The highest BCUT2D eigenvalue weighted by Gasteiger charge is 1.96. The summed E-state index contributed by atoms with van der Waals surface area (Å²) in [6, 6.07) is 0. The third-order valence-corrected chi connectivity index (χ3v) is 1.63. The average molecular weight is 216 g/mol. The van der Waals surface area contributed by atoms with E-state index in [0.717, 1.165) is 17.0 Å². The van der Waals surface area contributed by atoms with E-state index >= 15 is 0 Å². The molecule has 0 saturated heterocycles. The molecule has 0 spiro atoms. The first kappa shape index (κ1) is 14.3. The topological polar surface area (TPSA) is 25.8 Å². The van der Waals surface area contributed by atoms with Crippen LogP contribution in [0.1, 0.15) is 31.7 Å². The minimum atomic E-state index is 0.769. The number of hydrogen-bond acceptors (Lipinski definition) is 2. The Hall–Kier alpha value is -1.70. The third-order valence-electron chi connectivity index (χ3n) is 1.63. The molecule has 0 aliphatic carbocycles. The van der Waals surface area contributed by atoms with Crippen LogP contribution in [0.4, 0.5) is 0 Å². The number of allylic oxidation sites excluding steroid dienone is 4. The molecule has 1 heterocycles. The SMILES string of the molecule is C=C/C=C(\C=C)c1cnc(C)nc1.CCC. The molecule has 0 aromatic carbocycles. The zero-order chi connectivity index (χ0) is 12.4. The van der Waals surface area contributed by atoms with E-state index in [1.165, 1.54) is 6.42 Å². The van der Waals surface area contributed by atoms with Gasteiger partial charge in [0.25, 0.3) is 0 Å². The van der Waals surface area contributed by atoms with Crippen LogP contribution in [-0.4, -0.2) is 9.97 Å². The van der Waals surface area contributed by atoms with Crippen LogP contribution in [-0.2, 0) is 0 Å². The van der Waals surface area contributed by atoms with E-state index < -0.39 is 0 Å². The molecule has 2 nitrogen and oxygen atoms in total. The molecule has 0 saturated carbocycles. The summed E-state index contributed by atoms with van der Waals surface area (Å²) in [5.41, 5.74) is 1.94. The Bertz CT molecular complexity index is 348. The van der Waals surface area contributed by atoms with E-state index in [-0.39, 0.29) is 0 Å². The largest absolute Gasteiger partial charge is 0.241 e. The van der Waals surface area contributed by atoms with Crippen LogP contribution in [0, 0.1) is 6.92 Å². The van der Waals surface area contributed by atoms with Crippen LogP contribution in [0.15, 0.2) is 43.8 Å². The van der Waals surface area contributed by atoms with Gasteiger partial charge in [-0.1, -0.05) is 51.7 Å². The van der Waals surface area contributed by atoms with Crippen molar-refractivity contribution in [2.75, 3.05) is 0 Å². The first-order chi connectivity index (χ1) is 7.69. The number of aromatic nitrogens is 2. The van der Waals surface area contributed by atoms with Crippen LogP contribution in [0.2, 0.25) is 0 Å². The highest BCUT2D eigenvalue weighted by molar-refractivity contribution is 5.73. The molecule has 0 fully saturated rings. The van der Waals surface area contributed by atoms with Crippen LogP contribution in [0.5, 0.6) is 0 Å². The van der Waals surface area contributed by atoms with Crippen molar-refractivity contribution in [1.82, 2.24) is 9.97 Å². The number of rotatable bonds is 3. The van der Waals surface area contributed by atoms with Crippen molar-refractivity contribution >= 4 is 5.57 Å². The van der Waals surface area contributed by atoms with Gasteiger partial charge in [0.1, 0.15) is 5.82 Å². The molecule has 0 aliphatic rings. The van der Waals surface area contributed by atoms with E-state index in [9.17, 15) is 0 Å². The standard InChI is InChI=1S/C11H12N2.C3H8/c1-4-6-10(5-2)11-7-12-9(3)13-8-11;1-3-2/h4-8H,1-2H2,3H3;3H2,1-2H3/b10-6+;. The molecule has 0 atom stereocenters. The zero-order valence-electron chi connectivity index (χ0n) is 10.4. The maximum Gasteiger partial charge on any atom is 0.125 e. The molecular formula is C14H20N2. The molecule has 0 radical (unpaired) electrons. The molecule has 1 aromatic rings. The van der Waals surface area contributed by atoms with Gasteiger partial charge in [-0.15, -0.1) is 0 Å². The van der Waals surface area contributed by atoms with Crippen molar-refractivity contribution in [1.29, 1.82) is 0 Å². The molecule has 0 aliphatic heterocycles. The number of nitrogens with zero attached hydrogens (tertiary/aromatic N) is 2. The number of aryl methyl sites for hydroxylation is 1. The van der Waals surface area contributed by atoms with Gasteiger partial charge in [0.15, 0.2) is 0 Å². The third kappa shape index (κ3) is 5.25. The Labute approximate surface area is 98.5 Å². The summed E-state index contributed by atoms with van der Waals surface area (Å²) in [5.74, 6) is 0.769. The van der Waals surface area contributed by atoms with Crippen LogP contribution in [0.3, 0.4) is 0 Å². The van der Waals surface area contributed by atoms with Gasteiger partial charge in [0.05, 0.1) is 0 Å². The van der Waals surface area contributed by atoms with Gasteiger partial charge in [-0.05, 0) is 12.5 Å². The molecule has 0 unspecified atom stereocenters. The van der Waals surface area contributed by atoms with Gasteiger partial charge in [-0.25, -0.2) is 9.97 Å². The molecule has 16 heavy (non-hydrogen) atoms. The summed E-state index contributed by atoms with van der Waals surface area (Å²) in [4.78, 5) is 8.19. The lowest BCUT2D eigenvalue weighted by molar-refractivity contribution is 1.05. The summed E-state index contributed by atoms with van der Waals surface area (Å²) in [7, 11) is 0. The predicted molar refractivity (Wildman–Crippen MR) is 71.1 cm³/mol. The Morgan fingerprint density at radius 3 is 2.12 bits per heavy atom. The van der Waals surface area contributed by atoms with E-state index in [2.05, 4.69) is 37.0 Å². The maximum absolute atomic E-state index is 4.10. The second-order valence-corrected chi connectivity index (χ2v) is 3.29. The minimum absolute atomic E-state index is 0.769. The highest BCUT2D eigenvalue weighted by Crippen LogP contribution is 2.12. The number of hydrogen-bond donors (Lipinski definition) is 0. The summed E-state index contributed by atoms with van der Waals surface area (Å²) in [5, 5.41) is 0. The highest BCUT2D eigenvalue weighted by atomic mass is 14.8. The van der Waals surface area contributed by atoms with Crippen molar-refractivity contribution in [3.8, 4) is 0 Å². The second kappa shape index (κ2) is 8.60. The Balaban J connectivity index is 0.000000673. The summed E-state index contributed by atoms with van der Waals surface area (Å²) in [6.45, 7) is 13.4. The van der Waals surface area contributed by atoms with Crippen molar-refractivity contribution in [3.05, 3.63) is 55.2 Å². The fourth-order valence-corrected chi connectivity index (χ4v) is 0.951. The summed E-state index contributed by atoms with van der Waals surface area (Å²) < 4.78 is 0. The Morgan fingerprint density at radius 2 is 1.75 bits per heavy atom. The van der Waals surface area contributed by atoms with Gasteiger partial charge < -0.3 is 0 Å². The van der Waals surface area contributed by atoms with Crippen molar-refractivity contribution in [2.24, 2.45) is 0 Å². The molecule has 86 valence electrons. The molecule has 1 aromatic heterocycles. The monoisotopic (exact) mass is 216 g/mol. The minimum Gasteiger partial charge on any atom is -0.241 e. The van der Waals surface area contributed by atoms with E-state index in [1.54, 1.807) is 24.5 Å². The fourth-order valence-electron chi connectivity index (χ4n) is 0.951. The Kier molecular flexibility index (Phi) is 7.68. The average Bonchev–Trinajstić information content (AvgIpc) is 2.28.